The van der Waals surface area contributed by atoms with Gasteiger partial charge in [-0.25, -0.2) is 0 Å². The second-order valence-electron chi connectivity index (χ2n) is 5.67. The molecule has 0 unspecified atom stereocenters. The first-order valence-electron chi connectivity index (χ1n) is 7.16. The molecule has 1 aromatic rings. The van der Waals surface area contributed by atoms with E-state index in [1.165, 1.54) is 0 Å². The molecule has 6 heteroatoms. The highest BCUT2D eigenvalue weighted by Gasteiger charge is 2.16. The van der Waals surface area contributed by atoms with Gasteiger partial charge < -0.3 is 15.5 Å². The Hall–Kier alpha value is -0.550. The van der Waals surface area contributed by atoms with Gasteiger partial charge in [0, 0.05) is 15.7 Å². The van der Waals surface area contributed by atoms with Crippen molar-refractivity contribution in [2.24, 2.45) is 0 Å². The van der Waals surface area contributed by atoms with Crippen LogP contribution in [0.5, 0.6) is 0 Å². The first kappa shape index (κ1) is 18.5. The lowest BCUT2D eigenvalue weighted by molar-refractivity contribution is -0.941. The van der Waals surface area contributed by atoms with E-state index in [-0.39, 0.29) is 0 Å². The molecule has 0 saturated carbocycles. The van der Waals surface area contributed by atoms with Gasteiger partial charge >= 0.3 is 0 Å². The Morgan fingerprint density at radius 1 is 1.10 bits per heavy atom. The number of anilines is 1. The molecule has 0 aliphatic heterocycles. The fourth-order valence-electron chi connectivity index (χ4n) is 2.37. The van der Waals surface area contributed by atoms with Gasteiger partial charge in [-0.2, -0.15) is 0 Å². The van der Waals surface area contributed by atoms with Crippen molar-refractivity contribution in [3.63, 3.8) is 0 Å². The van der Waals surface area contributed by atoms with Crippen LogP contribution in [0, 0.1) is 0 Å². The van der Waals surface area contributed by atoms with E-state index in [2.05, 4.69) is 38.3 Å². The molecule has 0 atom stereocenters. The molecule has 0 radical (unpaired) electrons. The molecular weight excluding hydrogens is 325 g/mol. The third-order valence-corrected chi connectivity index (χ3v) is 3.99. The van der Waals surface area contributed by atoms with Gasteiger partial charge in [0.15, 0.2) is 5.11 Å². The van der Waals surface area contributed by atoms with E-state index in [0.717, 1.165) is 18.8 Å². The lowest BCUT2D eigenvalue weighted by Crippen LogP contribution is -3.18. The van der Waals surface area contributed by atoms with Gasteiger partial charge in [0.1, 0.15) is 0 Å². The van der Waals surface area contributed by atoms with Gasteiger partial charge in [0.25, 0.3) is 0 Å². The third-order valence-electron chi connectivity index (χ3n) is 3.30. The van der Waals surface area contributed by atoms with Crippen molar-refractivity contribution in [1.29, 1.82) is 0 Å². The van der Waals surface area contributed by atoms with Crippen molar-refractivity contribution in [3.8, 4) is 0 Å². The summed E-state index contributed by atoms with van der Waals surface area (Å²) in [6, 6.07) is 6.47. The van der Waals surface area contributed by atoms with Crippen molar-refractivity contribution in [1.82, 2.24) is 5.32 Å². The number of nitrogens with one attached hydrogen (secondary N) is 3. The van der Waals surface area contributed by atoms with Crippen LogP contribution >= 0.6 is 35.4 Å². The van der Waals surface area contributed by atoms with Crippen molar-refractivity contribution >= 4 is 46.2 Å². The monoisotopic (exact) mass is 348 g/mol. The Morgan fingerprint density at radius 3 is 2.10 bits per heavy atom. The molecule has 0 heterocycles. The molecule has 0 amide bonds. The van der Waals surface area contributed by atoms with Crippen LogP contribution in [0.25, 0.3) is 0 Å². The van der Waals surface area contributed by atoms with Crippen molar-refractivity contribution in [2.75, 3.05) is 18.4 Å². The predicted octanol–water partition coefficient (Wildman–Crippen LogP) is 2.98. The van der Waals surface area contributed by atoms with Gasteiger partial charge in [0.2, 0.25) is 0 Å². The van der Waals surface area contributed by atoms with E-state index in [1.807, 2.05) is 0 Å². The van der Waals surface area contributed by atoms with E-state index in [4.69, 9.17) is 35.4 Å². The zero-order chi connectivity index (χ0) is 16.0. The topological polar surface area (TPSA) is 28.5 Å². The Kier molecular flexibility index (Phi) is 7.74. The molecule has 21 heavy (non-hydrogen) atoms. The highest BCUT2D eigenvalue weighted by Crippen LogP contribution is 2.22. The first-order chi connectivity index (χ1) is 9.79. The maximum absolute atomic E-state index is 5.96. The lowest BCUT2D eigenvalue weighted by atomic mass is 10.2. The summed E-state index contributed by atoms with van der Waals surface area (Å²) in [5.74, 6) is 0. The highest BCUT2D eigenvalue weighted by molar-refractivity contribution is 7.80. The van der Waals surface area contributed by atoms with Crippen LogP contribution < -0.4 is 15.5 Å². The average molecular weight is 349 g/mol. The standard InChI is InChI=1S/C15H23Cl2N3S/c1-10(2)20(11(3)4)6-5-18-15(21)19-14-8-12(16)7-13(17)9-14/h7-11H,5-6H2,1-4H3,(H2,18,19,21)/p+1. The van der Waals surface area contributed by atoms with E-state index in [9.17, 15) is 0 Å². The van der Waals surface area contributed by atoms with Crippen LogP contribution in [0.1, 0.15) is 27.7 Å². The summed E-state index contributed by atoms with van der Waals surface area (Å²) in [5, 5.41) is 8.08. The number of hydrogen-bond acceptors (Lipinski definition) is 1. The van der Waals surface area contributed by atoms with Crippen LogP contribution in [0.3, 0.4) is 0 Å². The Morgan fingerprint density at radius 2 is 1.62 bits per heavy atom. The molecule has 0 aliphatic rings. The molecule has 1 rings (SSSR count). The second kappa shape index (κ2) is 8.79. The van der Waals surface area contributed by atoms with E-state index in [1.54, 1.807) is 23.1 Å². The Balaban J connectivity index is 2.44. The largest absolute Gasteiger partial charge is 0.357 e. The summed E-state index contributed by atoms with van der Waals surface area (Å²) in [7, 11) is 0. The van der Waals surface area contributed by atoms with Crippen LogP contribution in [0.15, 0.2) is 18.2 Å². The van der Waals surface area contributed by atoms with Gasteiger partial charge in [-0.1, -0.05) is 23.2 Å². The SMILES string of the molecule is CC(C)[NH+](CCNC(=S)Nc1cc(Cl)cc(Cl)c1)C(C)C. The number of benzene rings is 1. The molecule has 118 valence electrons. The number of rotatable bonds is 6. The van der Waals surface area contributed by atoms with Crippen LogP contribution in [0.2, 0.25) is 10.0 Å². The molecule has 0 aliphatic carbocycles. The minimum Gasteiger partial charge on any atom is -0.357 e. The van der Waals surface area contributed by atoms with Crippen LogP contribution in [-0.2, 0) is 0 Å². The third kappa shape index (κ3) is 6.83. The summed E-state index contributed by atoms with van der Waals surface area (Å²) in [6.07, 6.45) is 0. The molecule has 1 aromatic carbocycles. The zero-order valence-corrected chi connectivity index (χ0v) is 15.3. The molecule has 0 bridgehead atoms. The molecule has 0 aromatic heterocycles. The lowest BCUT2D eigenvalue weighted by Gasteiger charge is -2.27. The molecule has 3 N–H and O–H groups in total. The summed E-state index contributed by atoms with van der Waals surface area (Å²) >= 11 is 17.2. The first-order valence-corrected chi connectivity index (χ1v) is 8.32. The van der Waals surface area contributed by atoms with Crippen LogP contribution in [-0.4, -0.2) is 30.3 Å². The number of hydrogen-bond donors (Lipinski definition) is 3. The maximum atomic E-state index is 5.96. The predicted molar refractivity (Wildman–Crippen MR) is 96.8 cm³/mol. The summed E-state index contributed by atoms with van der Waals surface area (Å²) in [6.45, 7) is 10.8. The molecular formula is C15H24Cl2N3S+. The van der Waals surface area contributed by atoms with E-state index >= 15 is 0 Å². The fourth-order valence-corrected chi connectivity index (χ4v) is 3.11. The minimum absolute atomic E-state index is 0.584. The normalized spacial score (nSPS) is 11.3. The number of thiocarbonyl (C=S) groups is 1. The summed E-state index contributed by atoms with van der Waals surface area (Å²) < 4.78 is 0. The minimum atomic E-state index is 0.584. The van der Waals surface area contributed by atoms with Gasteiger partial charge in [-0.15, -0.1) is 0 Å². The fraction of sp³-hybridized carbons (Fsp3) is 0.533. The highest BCUT2D eigenvalue weighted by atomic mass is 35.5. The van der Waals surface area contributed by atoms with Crippen LogP contribution in [0.4, 0.5) is 5.69 Å². The average Bonchev–Trinajstić information content (AvgIpc) is 2.32. The van der Waals surface area contributed by atoms with Crippen molar-refractivity contribution in [2.45, 2.75) is 39.8 Å². The van der Waals surface area contributed by atoms with E-state index in [0.29, 0.717) is 27.2 Å². The van der Waals surface area contributed by atoms with Gasteiger partial charge in [-0.3, -0.25) is 0 Å². The summed E-state index contributed by atoms with van der Waals surface area (Å²) in [4.78, 5) is 1.55. The molecule has 0 fully saturated rings. The summed E-state index contributed by atoms with van der Waals surface area (Å²) in [5.41, 5.74) is 0.793. The smallest absolute Gasteiger partial charge is 0.170 e. The molecule has 0 spiro atoms. The Bertz CT molecular complexity index is 450. The van der Waals surface area contributed by atoms with Crippen molar-refractivity contribution < 1.29 is 4.90 Å². The van der Waals surface area contributed by atoms with Crippen molar-refractivity contribution in [3.05, 3.63) is 28.2 Å². The molecule has 3 nitrogen and oxygen atoms in total. The van der Waals surface area contributed by atoms with E-state index < -0.39 is 0 Å². The van der Waals surface area contributed by atoms with Gasteiger partial charge in [0.05, 0.1) is 25.2 Å². The quantitative estimate of drug-likeness (QED) is 0.690. The van der Waals surface area contributed by atoms with Gasteiger partial charge in [-0.05, 0) is 58.1 Å². The second-order valence-corrected chi connectivity index (χ2v) is 6.95. The zero-order valence-electron chi connectivity index (χ0n) is 13.0. The number of quaternary nitrogens is 1. The molecule has 0 saturated heterocycles. The maximum Gasteiger partial charge on any atom is 0.170 e. The number of halogens is 2. The Labute approximate surface area is 143 Å².